The van der Waals surface area contributed by atoms with Crippen LogP contribution in [0.5, 0.6) is 5.75 Å². The van der Waals surface area contributed by atoms with Gasteiger partial charge in [-0.15, -0.1) is 0 Å². The van der Waals surface area contributed by atoms with Gasteiger partial charge in [0, 0.05) is 25.8 Å². The van der Waals surface area contributed by atoms with Gasteiger partial charge in [0.1, 0.15) is 19.2 Å². The number of nitrogens with zero attached hydrogens (tertiary/aromatic N) is 1. The molecule has 4 nitrogen and oxygen atoms in total. The molecule has 23 heavy (non-hydrogen) atoms. The van der Waals surface area contributed by atoms with E-state index in [-0.39, 0.29) is 0 Å². The van der Waals surface area contributed by atoms with E-state index in [0.29, 0.717) is 30.8 Å². The summed E-state index contributed by atoms with van der Waals surface area (Å²) in [6.45, 7) is 1.70. The zero-order valence-electron chi connectivity index (χ0n) is 13.4. The Bertz CT molecular complexity index is 606. The summed E-state index contributed by atoms with van der Waals surface area (Å²) in [6, 6.07) is 15.4. The normalized spacial score (nSPS) is 10.8. The molecule has 0 fully saturated rings. The average Bonchev–Trinajstić information content (AvgIpc) is 2.55. The van der Waals surface area contributed by atoms with Gasteiger partial charge >= 0.3 is 7.48 Å². The zero-order valence-corrected chi connectivity index (χ0v) is 14.1. The van der Waals surface area contributed by atoms with E-state index in [2.05, 4.69) is 6.07 Å². The van der Waals surface area contributed by atoms with Crippen LogP contribution >= 0.6 is 11.6 Å². The molecule has 2 aromatic carbocycles. The maximum atomic E-state index is 5.97. The van der Waals surface area contributed by atoms with Crippen LogP contribution in [0, 0.1) is 0 Å². The van der Waals surface area contributed by atoms with Crippen LogP contribution in [0.3, 0.4) is 0 Å². The maximum Gasteiger partial charge on any atom is 0.409 e. The maximum absolute atomic E-state index is 5.97. The van der Waals surface area contributed by atoms with Crippen LogP contribution in [-0.2, 0) is 16.0 Å². The Morgan fingerprint density at radius 1 is 1.00 bits per heavy atom. The second-order valence-electron chi connectivity index (χ2n) is 5.06. The third-order valence-corrected chi connectivity index (χ3v) is 3.43. The summed E-state index contributed by atoms with van der Waals surface area (Å²) in [7, 11) is 5.07. The van der Waals surface area contributed by atoms with Gasteiger partial charge in [0.2, 0.25) is 0 Å². The van der Waals surface area contributed by atoms with Crippen molar-refractivity contribution in [3.63, 3.8) is 0 Å². The minimum absolute atomic E-state index is 0.497. The quantitative estimate of drug-likeness (QED) is 0.522. The highest BCUT2D eigenvalue weighted by molar-refractivity contribution is 6.48. The smallest absolute Gasteiger partial charge is 0.409 e. The van der Waals surface area contributed by atoms with Crippen LogP contribution < -0.4 is 10.1 Å². The van der Waals surface area contributed by atoms with E-state index in [1.54, 1.807) is 27.8 Å². The van der Waals surface area contributed by atoms with Crippen molar-refractivity contribution < 1.29 is 14.1 Å². The lowest BCUT2D eigenvalue weighted by molar-refractivity contribution is -0.0184. The predicted molar refractivity (Wildman–Crippen MR) is 93.2 cm³/mol. The number of hydrogen-bond acceptors (Lipinski definition) is 4. The molecule has 0 bridgehead atoms. The van der Waals surface area contributed by atoms with E-state index >= 15 is 0 Å². The highest BCUT2D eigenvalue weighted by Crippen LogP contribution is 2.16. The molecule has 2 rings (SSSR count). The molecule has 121 valence electrons. The Hall–Kier alpha value is -1.53. The van der Waals surface area contributed by atoms with E-state index in [1.165, 1.54) is 0 Å². The molecule has 0 unspecified atom stereocenters. The zero-order chi connectivity index (χ0) is 16.5. The predicted octanol–water partition coefficient (Wildman–Crippen LogP) is 2.67. The molecule has 2 aromatic rings. The lowest BCUT2D eigenvalue weighted by atomic mass is 9.83. The van der Waals surface area contributed by atoms with Crippen molar-refractivity contribution in [2.75, 3.05) is 27.7 Å². The molecule has 0 spiro atoms. The summed E-state index contributed by atoms with van der Waals surface area (Å²) in [5.74, 6) is 0.706. The molecule has 1 radical (unpaired) electrons. The number of benzene rings is 2. The molecular formula is C17H20BClNO3. The van der Waals surface area contributed by atoms with Crippen molar-refractivity contribution >= 4 is 24.5 Å². The van der Waals surface area contributed by atoms with E-state index in [9.17, 15) is 0 Å². The third-order valence-electron chi connectivity index (χ3n) is 3.19. The van der Waals surface area contributed by atoms with Gasteiger partial charge in [-0.1, -0.05) is 41.9 Å². The Morgan fingerprint density at radius 3 is 2.43 bits per heavy atom. The van der Waals surface area contributed by atoms with E-state index in [0.717, 1.165) is 11.0 Å². The van der Waals surface area contributed by atoms with E-state index in [1.807, 2.05) is 41.3 Å². The molecule has 0 amide bonds. The first kappa shape index (κ1) is 17.8. The fourth-order valence-corrected chi connectivity index (χ4v) is 2.38. The summed E-state index contributed by atoms with van der Waals surface area (Å²) in [5.41, 5.74) is 2.13. The summed E-state index contributed by atoms with van der Waals surface area (Å²) in [4.78, 5) is 2.05. The van der Waals surface area contributed by atoms with Gasteiger partial charge in [-0.05, 0) is 29.2 Å². The Labute approximate surface area is 143 Å². The van der Waals surface area contributed by atoms with Crippen molar-refractivity contribution in [2.24, 2.45) is 0 Å². The number of rotatable bonds is 9. The topological polar surface area (TPSA) is 30.9 Å². The van der Waals surface area contributed by atoms with Crippen molar-refractivity contribution in [3.05, 3.63) is 59.1 Å². The third kappa shape index (κ3) is 5.88. The minimum atomic E-state index is 0.497. The fraction of sp³-hybridized carbons (Fsp3) is 0.294. The van der Waals surface area contributed by atoms with Gasteiger partial charge < -0.3 is 14.1 Å². The molecule has 0 saturated heterocycles. The lowest BCUT2D eigenvalue weighted by Crippen LogP contribution is -2.32. The molecular weight excluding hydrogens is 312 g/mol. The minimum Gasteiger partial charge on any atom is -0.558 e. The van der Waals surface area contributed by atoms with Crippen LogP contribution in [0.15, 0.2) is 48.5 Å². The molecule has 0 heterocycles. The summed E-state index contributed by atoms with van der Waals surface area (Å²) >= 11 is 5.97. The Kier molecular flexibility index (Phi) is 7.42. The molecule has 0 aromatic heterocycles. The van der Waals surface area contributed by atoms with Crippen LogP contribution in [-0.4, -0.2) is 40.1 Å². The van der Waals surface area contributed by atoms with Gasteiger partial charge in [-0.25, -0.2) is 0 Å². The first-order chi connectivity index (χ1) is 11.2. The van der Waals surface area contributed by atoms with E-state index < -0.39 is 0 Å². The highest BCUT2D eigenvalue weighted by atomic mass is 35.5. The van der Waals surface area contributed by atoms with Crippen molar-refractivity contribution in [2.45, 2.75) is 6.54 Å². The van der Waals surface area contributed by atoms with Crippen molar-refractivity contribution in [3.8, 4) is 5.75 Å². The lowest BCUT2D eigenvalue weighted by Gasteiger charge is -2.21. The Balaban J connectivity index is 2.04. The SMILES string of the molecule is COCN(COC)Cc1ccccc1[B]Oc1cccc(Cl)c1. The first-order valence-corrected chi connectivity index (χ1v) is 7.64. The number of halogens is 1. The largest absolute Gasteiger partial charge is 0.558 e. The second-order valence-corrected chi connectivity index (χ2v) is 5.49. The highest BCUT2D eigenvalue weighted by Gasteiger charge is 2.11. The van der Waals surface area contributed by atoms with Gasteiger partial charge in [0.25, 0.3) is 0 Å². The molecule has 6 heteroatoms. The van der Waals surface area contributed by atoms with Gasteiger partial charge in [0.15, 0.2) is 0 Å². The van der Waals surface area contributed by atoms with Gasteiger partial charge in [-0.2, -0.15) is 0 Å². The van der Waals surface area contributed by atoms with Crippen molar-refractivity contribution in [1.82, 2.24) is 4.90 Å². The summed E-state index contributed by atoms with van der Waals surface area (Å²) < 4.78 is 16.1. The molecule has 0 aliphatic rings. The first-order valence-electron chi connectivity index (χ1n) is 7.26. The van der Waals surface area contributed by atoms with Crippen molar-refractivity contribution in [1.29, 1.82) is 0 Å². The molecule has 0 aliphatic carbocycles. The summed E-state index contributed by atoms with van der Waals surface area (Å²) in [6.07, 6.45) is 0. The molecule has 0 saturated carbocycles. The second kappa shape index (κ2) is 9.58. The Morgan fingerprint density at radius 2 is 1.74 bits per heavy atom. The fourth-order valence-electron chi connectivity index (χ4n) is 2.20. The van der Waals surface area contributed by atoms with Gasteiger partial charge in [-0.3, -0.25) is 4.90 Å². The average molecular weight is 333 g/mol. The van der Waals surface area contributed by atoms with Crippen LogP contribution in [0.1, 0.15) is 5.56 Å². The van der Waals surface area contributed by atoms with Gasteiger partial charge in [0.05, 0.1) is 0 Å². The monoisotopic (exact) mass is 332 g/mol. The van der Waals surface area contributed by atoms with Crippen LogP contribution in [0.2, 0.25) is 5.02 Å². The number of ether oxygens (including phenoxy) is 2. The molecule has 0 aliphatic heterocycles. The number of methoxy groups -OCH3 is 2. The molecule has 0 atom stereocenters. The van der Waals surface area contributed by atoms with E-state index in [4.69, 9.17) is 25.7 Å². The van der Waals surface area contributed by atoms with Crippen LogP contribution in [0.4, 0.5) is 0 Å². The summed E-state index contributed by atoms with van der Waals surface area (Å²) in [5, 5.41) is 0.649. The molecule has 0 N–H and O–H groups in total. The standard InChI is InChI=1S/C17H20BClNO3/c1-21-12-20(13-22-2)11-14-6-3-4-9-17(14)18-23-16-8-5-7-15(19)10-16/h3-10H,11-13H2,1-2H3. The van der Waals surface area contributed by atoms with Crippen LogP contribution in [0.25, 0.3) is 0 Å². The number of hydrogen-bond donors (Lipinski definition) is 0.